The second-order valence-electron chi connectivity index (χ2n) is 6.88. The Morgan fingerprint density at radius 3 is 2.69 bits per heavy atom. The molecule has 0 aliphatic heterocycles. The number of carbonyl (C=O) groups is 1. The maximum absolute atomic E-state index is 12.5. The van der Waals surface area contributed by atoms with Gasteiger partial charge >= 0.3 is 0 Å². The van der Waals surface area contributed by atoms with E-state index in [2.05, 4.69) is 25.5 Å². The molecule has 0 saturated carbocycles. The lowest BCUT2D eigenvalue weighted by molar-refractivity contribution is -0.120. The van der Waals surface area contributed by atoms with E-state index < -0.39 is 0 Å². The molecule has 0 aliphatic carbocycles. The monoisotopic (exact) mass is 389 g/mol. The van der Waals surface area contributed by atoms with Gasteiger partial charge in [-0.3, -0.25) is 9.89 Å². The van der Waals surface area contributed by atoms with Crippen molar-refractivity contribution >= 4 is 16.9 Å². The van der Waals surface area contributed by atoms with E-state index in [0.717, 1.165) is 45.1 Å². The van der Waals surface area contributed by atoms with Gasteiger partial charge in [-0.2, -0.15) is 5.10 Å². The number of hydrogen-bond acceptors (Lipinski definition) is 4. The number of imidazole rings is 1. The summed E-state index contributed by atoms with van der Waals surface area (Å²) < 4.78 is 5.21. The molecule has 0 aliphatic rings. The van der Waals surface area contributed by atoms with E-state index in [1.165, 1.54) is 0 Å². The molecule has 4 aromatic rings. The Labute approximate surface area is 168 Å². The molecule has 148 valence electrons. The molecule has 2 aromatic heterocycles. The number of nitrogens with one attached hydrogen (secondary N) is 3. The number of amides is 1. The third-order valence-corrected chi connectivity index (χ3v) is 4.90. The van der Waals surface area contributed by atoms with Gasteiger partial charge in [0.05, 0.1) is 30.3 Å². The minimum absolute atomic E-state index is 0.0413. The van der Waals surface area contributed by atoms with Crippen LogP contribution in [0, 0.1) is 6.92 Å². The predicted molar refractivity (Wildman–Crippen MR) is 112 cm³/mol. The summed E-state index contributed by atoms with van der Waals surface area (Å²) in [6.45, 7) is 2.45. The van der Waals surface area contributed by atoms with Crippen LogP contribution in [0.3, 0.4) is 0 Å². The van der Waals surface area contributed by atoms with Crippen molar-refractivity contribution in [3.63, 3.8) is 0 Å². The molecular weight excluding hydrogens is 366 g/mol. The highest BCUT2D eigenvalue weighted by Crippen LogP contribution is 2.26. The van der Waals surface area contributed by atoms with Gasteiger partial charge in [0, 0.05) is 29.8 Å². The van der Waals surface area contributed by atoms with Gasteiger partial charge in [0.2, 0.25) is 5.91 Å². The molecule has 0 radical (unpaired) electrons. The first-order valence-corrected chi connectivity index (χ1v) is 9.52. The summed E-state index contributed by atoms with van der Waals surface area (Å²) in [5, 5.41) is 10.4. The molecule has 0 bridgehead atoms. The maximum Gasteiger partial charge on any atom is 0.224 e. The Balaban J connectivity index is 1.38. The lowest BCUT2D eigenvalue weighted by Gasteiger charge is -2.07. The average Bonchev–Trinajstić information content (AvgIpc) is 3.31. The van der Waals surface area contributed by atoms with Crippen molar-refractivity contribution in [2.24, 2.45) is 0 Å². The third-order valence-electron chi connectivity index (χ3n) is 4.90. The first-order chi connectivity index (χ1) is 14.1. The van der Waals surface area contributed by atoms with Crippen LogP contribution in [0.1, 0.15) is 17.1 Å². The number of fused-ring (bicyclic) bond motifs is 1. The number of ether oxygens (including phenoxy) is 1. The lowest BCUT2D eigenvalue weighted by atomic mass is 10.0. The van der Waals surface area contributed by atoms with Gasteiger partial charge in [0.25, 0.3) is 0 Å². The average molecular weight is 389 g/mol. The fraction of sp³-hybridized carbons (Fsp3) is 0.227. The SMILES string of the molecule is COc1ccc(-c2n[nH]c(C)c2CC(=O)NCCc2nc3ccccc3[nH]2)cc1. The summed E-state index contributed by atoms with van der Waals surface area (Å²) in [7, 11) is 1.63. The zero-order valence-corrected chi connectivity index (χ0v) is 16.5. The van der Waals surface area contributed by atoms with Crippen molar-refractivity contribution < 1.29 is 9.53 Å². The molecule has 2 heterocycles. The van der Waals surface area contributed by atoms with Crippen LogP contribution < -0.4 is 10.1 Å². The summed E-state index contributed by atoms with van der Waals surface area (Å²) in [6, 6.07) is 15.5. The number of H-pyrrole nitrogens is 2. The van der Waals surface area contributed by atoms with Crippen LogP contribution in [0.25, 0.3) is 22.3 Å². The predicted octanol–water partition coefficient (Wildman–Crippen LogP) is 3.17. The van der Waals surface area contributed by atoms with Crippen molar-refractivity contribution in [3.8, 4) is 17.0 Å². The van der Waals surface area contributed by atoms with Gasteiger partial charge in [-0.15, -0.1) is 0 Å². The molecular formula is C22H23N5O2. The van der Waals surface area contributed by atoms with E-state index in [1.54, 1.807) is 7.11 Å². The Bertz CT molecular complexity index is 1090. The summed E-state index contributed by atoms with van der Waals surface area (Å²) in [5.74, 6) is 1.61. The molecule has 7 heteroatoms. The quantitative estimate of drug-likeness (QED) is 0.452. The number of benzene rings is 2. The number of para-hydroxylation sites is 2. The van der Waals surface area contributed by atoms with Gasteiger partial charge < -0.3 is 15.0 Å². The Kier molecular flexibility index (Phi) is 5.29. The Morgan fingerprint density at radius 2 is 1.93 bits per heavy atom. The maximum atomic E-state index is 12.5. The van der Waals surface area contributed by atoms with E-state index in [4.69, 9.17) is 4.74 Å². The minimum Gasteiger partial charge on any atom is -0.497 e. The minimum atomic E-state index is -0.0413. The zero-order chi connectivity index (χ0) is 20.2. The number of rotatable bonds is 7. The van der Waals surface area contributed by atoms with Gasteiger partial charge in [0.15, 0.2) is 0 Å². The van der Waals surface area contributed by atoms with E-state index in [1.807, 2.05) is 55.5 Å². The normalized spacial score (nSPS) is 11.0. The van der Waals surface area contributed by atoms with Crippen molar-refractivity contribution in [2.45, 2.75) is 19.8 Å². The van der Waals surface area contributed by atoms with Crippen LogP contribution in [0.15, 0.2) is 48.5 Å². The molecule has 0 unspecified atom stereocenters. The molecule has 3 N–H and O–H groups in total. The van der Waals surface area contributed by atoms with Crippen LogP contribution in [-0.4, -0.2) is 39.7 Å². The standard InChI is InChI=1S/C22H23N5O2/c1-14-17(22(27-26-14)15-7-9-16(29-2)10-8-15)13-21(28)23-12-11-20-24-18-5-3-4-6-19(18)25-20/h3-10H,11-13H2,1-2H3,(H,23,28)(H,24,25)(H,26,27). The Morgan fingerprint density at radius 1 is 1.14 bits per heavy atom. The van der Waals surface area contributed by atoms with E-state index in [0.29, 0.717) is 13.0 Å². The second-order valence-corrected chi connectivity index (χ2v) is 6.88. The first-order valence-electron chi connectivity index (χ1n) is 9.52. The van der Waals surface area contributed by atoms with Gasteiger partial charge in [0.1, 0.15) is 11.6 Å². The third kappa shape index (κ3) is 4.13. The summed E-state index contributed by atoms with van der Waals surface area (Å²) in [4.78, 5) is 20.3. The largest absolute Gasteiger partial charge is 0.497 e. The number of hydrogen-bond donors (Lipinski definition) is 3. The molecule has 7 nitrogen and oxygen atoms in total. The van der Waals surface area contributed by atoms with Crippen molar-refractivity contribution in [2.75, 3.05) is 13.7 Å². The van der Waals surface area contributed by atoms with Crippen LogP contribution in [0.4, 0.5) is 0 Å². The molecule has 2 aromatic carbocycles. The van der Waals surface area contributed by atoms with Crippen molar-refractivity contribution in [1.82, 2.24) is 25.5 Å². The number of nitrogens with zero attached hydrogens (tertiary/aromatic N) is 2. The molecule has 0 fully saturated rings. The smallest absolute Gasteiger partial charge is 0.224 e. The second kappa shape index (κ2) is 8.18. The van der Waals surface area contributed by atoms with Crippen molar-refractivity contribution in [1.29, 1.82) is 0 Å². The molecule has 0 spiro atoms. The van der Waals surface area contributed by atoms with Crippen LogP contribution in [-0.2, 0) is 17.6 Å². The van der Waals surface area contributed by atoms with Gasteiger partial charge in [-0.25, -0.2) is 4.98 Å². The highest BCUT2D eigenvalue weighted by Gasteiger charge is 2.16. The topological polar surface area (TPSA) is 95.7 Å². The summed E-state index contributed by atoms with van der Waals surface area (Å²) in [5.41, 5.74) is 5.47. The van der Waals surface area contributed by atoms with Crippen LogP contribution in [0.5, 0.6) is 5.75 Å². The molecule has 0 atom stereocenters. The summed E-state index contributed by atoms with van der Waals surface area (Å²) in [6.07, 6.45) is 0.917. The van der Waals surface area contributed by atoms with Gasteiger partial charge in [-0.05, 0) is 43.3 Å². The Hall–Kier alpha value is -3.61. The van der Waals surface area contributed by atoms with E-state index in [-0.39, 0.29) is 12.3 Å². The number of aromatic nitrogens is 4. The number of methoxy groups -OCH3 is 1. The van der Waals surface area contributed by atoms with Gasteiger partial charge in [-0.1, -0.05) is 12.1 Å². The molecule has 0 saturated heterocycles. The highest BCUT2D eigenvalue weighted by molar-refractivity contribution is 5.81. The highest BCUT2D eigenvalue weighted by atomic mass is 16.5. The number of carbonyl (C=O) groups excluding carboxylic acids is 1. The number of aromatic amines is 2. The van der Waals surface area contributed by atoms with E-state index >= 15 is 0 Å². The van der Waals surface area contributed by atoms with Crippen LogP contribution >= 0.6 is 0 Å². The fourth-order valence-corrected chi connectivity index (χ4v) is 3.32. The zero-order valence-electron chi connectivity index (χ0n) is 16.5. The molecule has 1 amide bonds. The summed E-state index contributed by atoms with van der Waals surface area (Å²) >= 11 is 0. The van der Waals surface area contributed by atoms with Crippen LogP contribution in [0.2, 0.25) is 0 Å². The first kappa shape index (κ1) is 18.7. The lowest BCUT2D eigenvalue weighted by Crippen LogP contribution is -2.27. The van der Waals surface area contributed by atoms with E-state index in [9.17, 15) is 4.79 Å². The molecule has 4 rings (SSSR count). The molecule has 29 heavy (non-hydrogen) atoms. The fourth-order valence-electron chi connectivity index (χ4n) is 3.32. The van der Waals surface area contributed by atoms with Crippen molar-refractivity contribution in [3.05, 3.63) is 65.6 Å². The number of aryl methyl sites for hydroxylation is 1.